The molecule has 2 saturated heterocycles. The lowest BCUT2D eigenvalue weighted by Gasteiger charge is -2.26. The normalized spacial score (nSPS) is 17.7. The highest BCUT2D eigenvalue weighted by molar-refractivity contribution is 7.89. The van der Waals surface area contributed by atoms with Crippen molar-refractivity contribution in [3.05, 3.63) is 53.3 Å². The van der Waals surface area contributed by atoms with Gasteiger partial charge in [0.25, 0.3) is 5.91 Å². The quantitative estimate of drug-likeness (QED) is 0.750. The summed E-state index contributed by atoms with van der Waals surface area (Å²) in [6.07, 6.45) is 4.75. The third-order valence-electron chi connectivity index (χ3n) is 6.08. The van der Waals surface area contributed by atoms with E-state index in [0.29, 0.717) is 24.3 Å². The van der Waals surface area contributed by atoms with Crippen LogP contribution in [0.3, 0.4) is 0 Å². The summed E-state index contributed by atoms with van der Waals surface area (Å²) >= 11 is 0. The summed E-state index contributed by atoms with van der Waals surface area (Å²) in [6.45, 7) is 4.36. The summed E-state index contributed by atoms with van der Waals surface area (Å²) < 4.78 is 42.2. The van der Waals surface area contributed by atoms with Crippen LogP contribution in [0.2, 0.25) is 0 Å². The highest BCUT2D eigenvalue weighted by Crippen LogP contribution is 2.32. The second-order valence-corrected chi connectivity index (χ2v) is 10.2. The number of hydrogen-bond donors (Lipinski definition) is 1. The molecule has 2 heterocycles. The number of benzene rings is 2. The third-order valence-corrected chi connectivity index (χ3v) is 7.98. The number of carbonyl (C=O) groups is 1. The zero-order valence-electron chi connectivity index (χ0n) is 17.7. The van der Waals surface area contributed by atoms with Crippen molar-refractivity contribution in [3.8, 4) is 0 Å². The van der Waals surface area contributed by atoms with Gasteiger partial charge in [-0.2, -0.15) is 4.31 Å². The van der Waals surface area contributed by atoms with Gasteiger partial charge >= 0.3 is 0 Å². The molecule has 2 fully saturated rings. The molecule has 2 aliphatic heterocycles. The molecular formula is C23H28FN3O3S. The number of anilines is 2. The molecule has 0 bridgehead atoms. The number of amides is 1. The molecule has 2 aromatic rings. The molecule has 4 rings (SSSR count). The lowest BCUT2D eigenvalue weighted by Crippen LogP contribution is -2.35. The molecule has 0 saturated carbocycles. The molecule has 1 amide bonds. The lowest BCUT2D eigenvalue weighted by atomic mass is 10.1. The molecule has 0 unspecified atom stereocenters. The van der Waals surface area contributed by atoms with Crippen molar-refractivity contribution in [2.45, 2.75) is 43.9 Å². The number of halogens is 1. The number of carbonyl (C=O) groups excluding carboxylic acids is 1. The Morgan fingerprint density at radius 1 is 0.968 bits per heavy atom. The van der Waals surface area contributed by atoms with Gasteiger partial charge in [-0.25, -0.2) is 12.8 Å². The second-order valence-electron chi connectivity index (χ2n) is 8.22. The summed E-state index contributed by atoms with van der Waals surface area (Å²) in [7, 11) is -3.67. The third kappa shape index (κ3) is 4.45. The fourth-order valence-corrected chi connectivity index (χ4v) is 5.84. The zero-order chi connectivity index (χ0) is 22.0. The molecule has 0 atom stereocenters. The summed E-state index contributed by atoms with van der Waals surface area (Å²) in [5.41, 5.74) is 1.65. The SMILES string of the molecule is Cc1ccc(S(=O)(=O)N2CCCCC2)cc1C(=O)Nc1c(F)cccc1N1CCCC1. The van der Waals surface area contributed by atoms with E-state index in [2.05, 4.69) is 10.2 Å². The van der Waals surface area contributed by atoms with Crippen LogP contribution in [0.4, 0.5) is 15.8 Å². The fourth-order valence-electron chi connectivity index (χ4n) is 4.30. The fraction of sp³-hybridized carbons (Fsp3) is 0.435. The molecule has 166 valence electrons. The molecule has 31 heavy (non-hydrogen) atoms. The molecule has 6 nitrogen and oxygen atoms in total. The number of hydrogen-bond acceptors (Lipinski definition) is 4. The van der Waals surface area contributed by atoms with E-state index < -0.39 is 21.7 Å². The van der Waals surface area contributed by atoms with Crippen molar-refractivity contribution >= 4 is 27.3 Å². The average Bonchev–Trinajstić information content (AvgIpc) is 3.30. The largest absolute Gasteiger partial charge is 0.370 e. The van der Waals surface area contributed by atoms with E-state index >= 15 is 0 Å². The van der Waals surface area contributed by atoms with Crippen LogP contribution in [-0.2, 0) is 10.0 Å². The van der Waals surface area contributed by atoms with Crippen LogP contribution in [0.15, 0.2) is 41.3 Å². The van der Waals surface area contributed by atoms with Gasteiger partial charge in [-0.3, -0.25) is 4.79 Å². The van der Waals surface area contributed by atoms with E-state index in [1.54, 1.807) is 25.1 Å². The van der Waals surface area contributed by atoms with Crippen molar-refractivity contribution in [1.29, 1.82) is 0 Å². The predicted molar refractivity (Wildman–Crippen MR) is 120 cm³/mol. The maximum absolute atomic E-state index is 14.6. The molecule has 2 aliphatic rings. The molecule has 0 radical (unpaired) electrons. The first-order valence-corrected chi connectivity index (χ1v) is 12.3. The number of nitrogens with zero attached hydrogens (tertiary/aromatic N) is 2. The van der Waals surface area contributed by atoms with Crippen molar-refractivity contribution in [2.75, 3.05) is 36.4 Å². The summed E-state index contributed by atoms with van der Waals surface area (Å²) in [6, 6.07) is 9.33. The van der Waals surface area contributed by atoms with Crippen molar-refractivity contribution < 1.29 is 17.6 Å². The lowest BCUT2D eigenvalue weighted by molar-refractivity contribution is 0.102. The summed E-state index contributed by atoms with van der Waals surface area (Å²) in [4.78, 5) is 15.3. The number of piperidine rings is 1. The van der Waals surface area contributed by atoms with Crippen molar-refractivity contribution in [1.82, 2.24) is 4.31 Å². The number of para-hydroxylation sites is 1. The highest BCUT2D eigenvalue weighted by atomic mass is 32.2. The van der Waals surface area contributed by atoms with Gasteiger partial charge in [-0.1, -0.05) is 18.6 Å². The van der Waals surface area contributed by atoms with E-state index in [0.717, 1.165) is 45.2 Å². The maximum Gasteiger partial charge on any atom is 0.256 e. The van der Waals surface area contributed by atoms with E-state index in [1.165, 1.54) is 22.5 Å². The van der Waals surface area contributed by atoms with Gasteiger partial charge < -0.3 is 10.2 Å². The van der Waals surface area contributed by atoms with Gasteiger partial charge in [0.1, 0.15) is 11.5 Å². The van der Waals surface area contributed by atoms with E-state index in [-0.39, 0.29) is 16.1 Å². The Balaban J connectivity index is 1.64. The Morgan fingerprint density at radius 3 is 2.35 bits per heavy atom. The molecule has 0 aliphatic carbocycles. The maximum atomic E-state index is 14.6. The number of nitrogens with one attached hydrogen (secondary N) is 1. The van der Waals surface area contributed by atoms with Gasteiger partial charge in [0.05, 0.1) is 10.6 Å². The van der Waals surface area contributed by atoms with Gasteiger partial charge in [0, 0.05) is 31.7 Å². The first-order chi connectivity index (χ1) is 14.9. The van der Waals surface area contributed by atoms with Gasteiger partial charge in [-0.05, 0) is 62.4 Å². The van der Waals surface area contributed by atoms with Crippen LogP contribution in [0.25, 0.3) is 0 Å². The first-order valence-electron chi connectivity index (χ1n) is 10.8. The topological polar surface area (TPSA) is 69.7 Å². The van der Waals surface area contributed by atoms with E-state index in [9.17, 15) is 17.6 Å². The van der Waals surface area contributed by atoms with E-state index in [1.807, 2.05) is 0 Å². The van der Waals surface area contributed by atoms with Crippen LogP contribution in [0, 0.1) is 12.7 Å². The predicted octanol–water partition coefficient (Wildman–Crippen LogP) is 4.16. The molecule has 0 spiro atoms. The number of sulfonamides is 1. The first kappa shape index (κ1) is 21.8. The average molecular weight is 446 g/mol. The van der Waals surface area contributed by atoms with Gasteiger partial charge in [0.15, 0.2) is 0 Å². The Kier molecular flexibility index (Phi) is 6.29. The van der Waals surface area contributed by atoms with Crippen molar-refractivity contribution in [2.24, 2.45) is 0 Å². The van der Waals surface area contributed by atoms with Crippen LogP contribution in [0.1, 0.15) is 48.0 Å². The molecule has 8 heteroatoms. The minimum absolute atomic E-state index is 0.0958. The Labute approximate surface area is 183 Å². The van der Waals surface area contributed by atoms with Crippen molar-refractivity contribution in [3.63, 3.8) is 0 Å². The number of aryl methyl sites for hydroxylation is 1. The molecule has 1 N–H and O–H groups in total. The van der Waals surface area contributed by atoms with Crippen LogP contribution in [-0.4, -0.2) is 44.8 Å². The second kappa shape index (κ2) is 8.96. The summed E-state index contributed by atoms with van der Waals surface area (Å²) in [5, 5.41) is 2.71. The zero-order valence-corrected chi connectivity index (χ0v) is 18.5. The Hall–Kier alpha value is -2.45. The monoisotopic (exact) mass is 445 g/mol. The minimum atomic E-state index is -3.67. The van der Waals surface area contributed by atoms with E-state index in [4.69, 9.17) is 0 Å². The van der Waals surface area contributed by atoms with Crippen LogP contribution < -0.4 is 10.2 Å². The Bertz CT molecular complexity index is 1080. The summed E-state index contributed by atoms with van der Waals surface area (Å²) in [5.74, 6) is -1.02. The standard InChI is InChI=1S/C23H28FN3O3S/c1-17-10-11-18(31(29,30)27-14-3-2-4-15-27)16-19(17)23(28)25-22-20(24)8-7-9-21(22)26-12-5-6-13-26/h7-11,16H,2-6,12-15H2,1H3,(H,25,28). The van der Waals surface area contributed by atoms with Gasteiger partial charge in [-0.15, -0.1) is 0 Å². The smallest absolute Gasteiger partial charge is 0.256 e. The van der Waals surface area contributed by atoms with Gasteiger partial charge in [0.2, 0.25) is 10.0 Å². The van der Waals surface area contributed by atoms with Crippen LogP contribution >= 0.6 is 0 Å². The molecular weight excluding hydrogens is 417 g/mol. The minimum Gasteiger partial charge on any atom is -0.370 e. The molecule has 0 aromatic heterocycles. The number of rotatable bonds is 5. The Morgan fingerprint density at radius 2 is 1.65 bits per heavy atom. The molecule has 2 aromatic carbocycles. The highest BCUT2D eigenvalue weighted by Gasteiger charge is 2.27. The van der Waals surface area contributed by atoms with Crippen LogP contribution in [0.5, 0.6) is 0 Å².